The normalized spacial score (nSPS) is 21.8. The Morgan fingerprint density at radius 2 is 1.77 bits per heavy atom. The van der Waals surface area contributed by atoms with E-state index in [1.165, 1.54) is 26.4 Å². The Kier molecular flexibility index (Phi) is 8.01. The predicted molar refractivity (Wildman–Crippen MR) is 150 cm³/mol. The first-order valence-corrected chi connectivity index (χ1v) is 13.7. The number of halogens is 2. The van der Waals surface area contributed by atoms with Crippen LogP contribution in [0.25, 0.3) is 11.1 Å². The molecule has 1 amide bonds. The zero-order chi connectivity index (χ0) is 28.4. The van der Waals surface area contributed by atoms with Crippen molar-refractivity contribution in [2.75, 3.05) is 20.8 Å². The SMILES string of the molecule is COC(=O)C1CCC(NCC2(c3ccccc3)Cc3c(ccc(Cl)c3-c3c(C(N)=O)ccc(OC)c3F)O2)CC1. The number of hydrogen-bond acceptors (Lipinski definition) is 6. The summed E-state index contributed by atoms with van der Waals surface area (Å²) in [6.45, 7) is 0.472. The van der Waals surface area contributed by atoms with Gasteiger partial charge in [-0.15, -0.1) is 0 Å². The summed E-state index contributed by atoms with van der Waals surface area (Å²) in [5.41, 5.74) is 6.84. The maximum absolute atomic E-state index is 15.8. The van der Waals surface area contributed by atoms with Crippen LogP contribution in [0.3, 0.4) is 0 Å². The number of benzene rings is 3. The van der Waals surface area contributed by atoms with Crippen molar-refractivity contribution in [2.24, 2.45) is 11.7 Å². The van der Waals surface area contributed by atoms with Gasteiger partial charge in [0.1, 0.15) is 5.75 Å². The number of methoxy groups -OCH3 is 2. The largest absolute Gasteiger partial charge is 0.494 e. The molecule has 3 N–H and O–H groups in total. The van der Waals surface area contributed by atoms with E-state index in [4.69, 9.17) is 31.5 Å². The van der Waals surface area contributed by atoms with Gasteiger partial charge in [-0.2, -0.15) is 0 Å². The smallest absolute Gasteiger partial charge is 0.308 e. The molecule has 1 aliphatic heterocycles. The van der Waals surface area contributed by atoms with Crippen molar-refractivity contribution in [2.45, 2.75) is 43.7 Å². The van der Waals surface area contributed by atoms with E-state index in [1.54, 1.807) is 12.1 Å². The number of carbonyl (C=O) groups excluding carboxylic acids is 2. The number of nitrogens with one attached hydrogen (secondary N) is 1. The van der Waals surface area contributed by atoms with Crippen molar-refractivity contribution in [3.8, 4) is 22.6 Å². The van der Waals surface area contributed by atoms with E-state index >= 15 is 4.39 Å². The van der Waals surface area contributed by atoms with E-state index in [0.29, 0.717) is 29.8 Å². The summed E-state index contributed by atoms with van der Waals surface area (Å²) in [5, 5.41) is 3.94. The van der Waals surface area contributed by atoms with Gasteiger partial charge in [0.25, 0.3) is 0 Å². The standard InChI is InChI=1S/C31H32ClFN2O5/c1-38-25-14-12-21(29(34)36)27(28(25)33)26-22-16-31(19-6-4-3-5-7-19,40-24(22)15-13-23(26)32)17-35-20-10-8-18(9-11-20)30(37)39-2/h3-7,12-15,18,20,35H,8-11,16-17H2,1-2H3,(H2,34,36). The topological polar surface area (TPSA) is 99.9 Å². The summed E-state index contributed by atoms with van der Waals surface area (Å²) < 4.78 is 32.6. The lowest BCUT2D eigenvalue weighted by molar-refractivity contribution is -0.146. The lowest BCUT2D eigenvalue weighted by atomic mass is 9.83. The second-order valence-electron chi connectivity index (χ2n) is 10.4. The first kappa shape index (κ1) is 27.9. The van der Waals surface area contributed by atoms with Crippen molar-refractivity contribution in [1.82, 2.24) is 5.32 Å². The molecule has 1 atom stereocenters. The van der Waals surface area contributed by atoms with Gasteiger partial charge in [0, 0.05) is 40.7 Å². The molecule has 9 heteroatoms. The molecule has 3 aromatic carbocycles. The highest BCUT2D eigenvalue weighted by atomic mass is 35.5. The Bertz CT molecular complexity index is 1420. The summed E-state index contributed by atoms with van der Waals surface area (Å²) in [4.78, 5) is 24.3. The second kappa shape index (κ2) is 11.5. The Hall–Kier alpha value is -3.62. The third-order valence-corrected chi connectivity index (χ3v) is 8.38. The van der Waals surface area contributed by atoms with Gasteiger partial charge in [-0.1, -0.05) is 41.9 Å². The number of rotatable bonds is 8. The van der Waals surface area contributed by atoms with Gasteiger partial charge in [0.05, 0.1) is 25.7 Å². The average Bonchev–Trinajstić information content (AvgIpc) is 3.36. The minimum atomic E-state index is -0.815. The summed E-state index contributed by atoms with van der Waals surface area (Å²) in [5.74, 6) is -1.18. The molecule has 0 spiro atoms. The highest BCUT2D eigenvalue weighted by Gasteiger charge is 2.44. The maximum Gasteiger partial charge on any atom is 0.308 e. The van der Waals surface area contributed by atoms with Crippen molar-refractivity contribution >= 4 is 23.5 Å². The Balaban J connectivity index is 1.52. The van der Waals surface area contributed by atoms with Gasteiger partial charge in [-0.3, -0.25) is 9.59 Å². The van der Waals surface area contributed by atoms with Gasteiger partial charge in [-0.25, -0.2) is 4.39 Å². The number of amides is 1. The van der Waals surface area contributed by atoms with E-state index in [-0.39, 0.29) is 39.8 Å². The molecule has 40 heavy (non-hydrogen) atoms. The molecule has 1 heterocycles. The summed E-state index contributed by atoms with van der Waals surface area (Å²) >= 11 is 6.71. The number of hydrogen-bond donors (Lipinski definition) is 2. The van der Waals surface area contributed by atoms with Crippen LogP contribution in [0.5, 0.6) is 11.5 Å². The zero-order valence-electron chi connectivity index (χ0n) is 22.5. The first-order chi connectivity index (χ1) is 19.3. The van der Waals surface area contributed by atoms with Crippen molar-refractivity contribution in [1.29, 1.82) is 0 Å². The lowest BCUT2D eigenvalue weighted by Crippen LogP contribution is -2.47. The van der Waals surface area contributed by atoms with Crippen LogP contribution in [0.4, 0.5) is 4.39 Å². The number of primary amides is 1. The second-order valence-corrected chi connectivity index (χ2v) is 10.8. The number of carbonyl (C=O) groups is 2. The molecule has 210 valence electrons. The number of ether oxygens (including phenoxy) is 3. The fraction of sp³-hybridized carbons (Fsp3) is 0.355. The lowest BCUT2D eigenvalue weighted by Gasteiger charge is -2.34. The highest BCUT2D eigenvalue weighted by Crippen LogP contribution is 2.49. The summed E-state index contributed by atoms with van der Waals surface area (Å²) in [6, 6.07) is 16.3. The minimum absolute atomic E-state index is 0.00439. The van der Waals surface area contributed by atoms with Crippen LogP contribution in [0.2, 0.25) is 5.02 Å². The zero-order valence-corrected chi connectivity index (χ0v) is 23.2. The predicted octanol–water partition coefficient (Wildman–Crippen LogP) is 5.41. The third-order valence-electron chi connectivity index (χ3n) is 8.07. The molecule has 0 radical (unpaired) electrons. The van der Waals surface area contributed by atoms with Crippen LogP contribution < -0.4 is 20.5 Å². The maximum atomic E-state index is 15.8. The van der Waals surface area contributed by atoms with Crippen LogP contribution in [0.15, 0.2) is 54.6 Å². The molecule has 0 saturated heterocycles. The molecule has 2 aliphatic rings. The number of fused-ring (bicyclic) bond motifs is 1. The Labute approximate surface area is 237 Å². The first-order valence-electron chi connectivity index (χ1n) is 13.3. The van der Waals surface area contributed by atoms with Gasteiger partial charge in [0.2, 0.25) is 5.91 Å². The number of esters is 1. The van der Waals surface area contributed by atoms with E-state index in [2.05, 4.69) is 5.32 Å². The van der Waals surface area contributed by atoms with E-state index in [0.717, 1.165) is 31.2 Å². The molecular formula is C31H32ClFN2O5. The summed E-state index contributed by atoms with van der Waals surface area (Å²) in [6.07, 6.45) is 3.57. The van der Waals surface area contributed by atoms with Crippen LogP contribution in [-0.2, 0) is 21.6 Å². The molecular weight excluding hydrogens is 535 g/mol. The molecule has 0 bridgehead atoms. The van der Waals surface area contributed by atoms with E-state index < -0.39 is 17.3 Å². The molecule has 5 rings (SSSR count). The highest BCUT2D eigenvalue weighted by molar-refractivity contribution is 6.34. The Morgan fingerprint density at radius 3 is 2.42 bits per heavy atom. The fourth-order valence-electron chi connectivity index (χ4n) is 5.95. The fourth-order valence-corrected chi connectivity index (χ4v) is 6.22. The van der Waals surface area contributed by atoms with Crippen LogP contribution in [-0.4, -0.2) is 38.7 Å². The third kappa shape index (κ3) is 5.13. The quantitative estimate of drug-likeness (QED) is 0.354. The van der Waals surface area contributed by atoms with Gasteiger partial charge in [0.15, 0.2) is 17.2 Å². The number of nitrogens with two attached hydrogens (primary N) is 1. The van der Waals surface area contributed by atoms with Crippen molar-refractivity contribution in [3.63, 3.8) is 0 Å². The van der Waals surface area contributed by atoms with Crippen molar-refractivity contribution in [3.05, 3.63) is 82.1 Å². The van der Waals surface area contributed by atoms with Crippen molar-refractivity contribution < 1.29 is 28.2 Å². The monoisotopic (exact) mass is 566 g/mol. The van der Waals surface area contributed by atoms with Gasteiger partial charge < -0.3 is 25.3 Å². The minimum Gasteiger partial charge on any atom is -0.494 e. The van der Waals surface area contributed by atoms with E-state index in [9.17, 15) is 9.59 Å². The van der Waals surface area contributed by atoms with Gasteiger partial charge in [-0.05, 0) is 55.5 Å². The average molecular weight is 567 g/mol. The van der Waals surface area contributed by atoms with Crippen LogP contribution in [0, 0.1) is 11.7 Å². The molecule has 3 aromatic rings. The van der Waals surface area contributed by atoms with Crippen LogP contribution in [0.1, 0.15) is 47.2 Å². The molecule has 1 saturated carbocycles. The molecule has 7 nitrogen and oxygen atoms in total. The molecule has 1 aliphatic carbocycles. The summed E-state index contributed by atoms with van der Waals surface area (Å²) in [7, 11) is 2.78. The van der Waals surface area contributed by atoms with Gasteiger partial charge >= 0.3 is 5.97 Å². The Morgan fingerprint density at radius 1 is 1.05 bits per heavy atom. The molecule has 1 fully saturated rings. The van der Waals surface area contributed by atoms with E-state index in [1.807, 2.05) is 30.3 Å². The van der Waals surface area contributed by atoms with Crippen LogP contribution >= 0.6 is 11.6 Å². The molecule has 1 unspecified atom stereocenters. The molecule has 0 aromatic heterocycles.